The van der Waals surface area contributed by atoms with Crippen LogP contribution in [-0.4, -0.2) is 43.6 Å². The van der Waals surface area contributed by atoms with Crippen LogP contribution in [-0.2, 0) is 36.9 Å². The Kier molecular flexibility index (Phi) is 6.19. The molecule has 1 aromatic carbocycles. The molecule has 2 aliphatic heterocycles. The second kappa shape index (κ2) is 8.84. The minimum atomic E-state index is -3.91. The third kappa shape index (κ3) is 4.89. The molecule has 0 bridgehead atoms. The highest BCUT2D eigenvalue weighted by Crippen LogP contribution is 2.23. The van der Waals surface area contributed by atoms with Crippen LogP contribution in [0.2, 0.25) is 0 Å². The third-order valence-corrected chi connectivity index (χ3v) is 6.30. The molecular formula is C20H24N2O7S. The summed E-state index contributed by atoms with van der Waals surface area (Å²) in [6.45, 7) is 2.82. The Balaban J connectivity index is 1.40. The molecule has 1 unspecified atom stereocenters. The summed E-state index contributed by atoms with van der Waals surface area (Å²) in [5.41, 5.74) is 1.11. The summed E-state index contributed by atoms with van der Waals surface area (Å²) < 4.78 is 48.6. The third-order valence-electron chi connectivity index (χ3n) is 5.01. The Morgan fingerprint density at radius 1 is 1.23 bits per heavy atom. The van der Waals surface area contributed by atoms with Crippen molar-refractivity contribution in [3.8, 4) is 6.01 Å². The molecule has 1 saturated heterocycles. The number of aromatic nitrogens is 2. The number of aryl methyl sites for hydroxylation is 1. The standard InChI is InChI=1S/C20H24N2O7S/c1-14-5-7-17(8-6-14)30(24,25)28-13-16-11-22-15(10-18(23)21-20(22)29-16)12-27-19-4-2-3-9-26-19/h5-8,10,16,19H,2-4,9,11-13H2,1H3/t16?,19-/m0/s1. The first kappa shape index (κ1) is 21.0. The average Bonchev–Trinajstić information content (AvgIpc) is 3.14. The first-order chi connectivity index (χ1) is 14.4. The molecule has 0 spiro atoms. The van der Waals surface area contributed by atoms with Gasteiger partial charge in [-0.05, 0) is 38.3 Å². The zero-order valence-corrected chi connectivity index (χ0v) is 17.5. The van der Waals surface area contributed by atoms with Gasteiger partial charge < -0.3 is 14.2 Å². The smallest absolute Gasteiger partial charge is 0.300 e. The summed E-state index contributed by atoms with van der Waals surface area (Å²) in [5, 5.41) is 0. The van der Waals surface area contributed by atoms with Crippen LogP contribution in [0.5, 0.6) is 6.01 Å². The monoisotopic (exact) mass is 436 g/mol. The van der Waals surface area contributed by atoms with Crippen molar-refractivity contribution in [2.24, 2.45) is 0 Å². The highest BCUT2D eigenvalue weighted by molar-refractivity contribution is 7.86. The van der Waals surface area contributed by atoms with E-state index in [1.165, 1.54) is 18.2 Å². The van der Waals surface area contributed by atoms with Gasteiger partial charge in [-0.15, -0.1) is 0 Å². The van der Waals surface area contributed by atoms with E-state index in [2.05, 4.69) is 4.98 Å². The van der Waals surface area contributed by atoms with Crippen molar-refractivity contribution in [2.75, 3.05) is 13.2 Å². The molecule has 0 amide bonds. The van der Waals surface area contributed by atoms with Gasteiger partial charge in [-0.1, -0.05) is 17.7 Å². The molecular weight excluding hydrogens is 412 g/mol. The predicted octanol–water partition coefficient (Wildman–Crippen LogP) is 1.76. The zero-order chi connectivity index (χ0) is 21.1. The lowest BCUT2D eigenvalue weighted by Crippen LogP contribution is -2.25. The van der Waals surface area contributed by atoms with E-state index in [1.54, 1.807) is 16.7 Å². The molecule has 162 valence electrons. The summed E-state index contributed by atoms with van der Waals surface area (Å²) in [6.07, 6.45) is 1.98. The molecule has 0 saturated carbocycles. The Hall–Kier alpha value is -2.27. The number of nitrogens with zero attached hydrogens (tertiary/aromatic N) is 2. The largest absolute Gasteiger partial charge is 0.457 e. The van der Waals surface area contributed by atoms with Crippen LogP contribution in [0.3, 0.4) is 0 Å². The number of rotatable bonds is 7. The number of ether oxygens (including phenoxy) is 3. The minimum absolute atomic E-state index is 0.0813. The van der Waals surface area contributed by atoms with Crippen molar-refractivity contribution in [2.45, 2.75) is 56.6 Å². The van der Waals surface area contributed by atoms with Crippen molar-refractivity contribution in [3.05, 3.63) is 51.9 Å². The maximum atomic E-state index is 12.4. The van der Waals surface area contributed by atoms with Crippen molar-refractivity contribution < 1.29 is 26.8 Å². The Labute approximate surface area is 174 Å². The lowest BCUT2D eigenvalue weighted by molar-refractivity contribution is -0.169. The molecule has 0 aliphatic carbocycles. The van der Waals surface area contributed by atoms with Gasteiger partial charge in [0.1, 0.15) is 12.7 Å². The van der Waals surface area contributed by atoms with Gasteiger partial charge >= 0.3 is 6.01 Å². The topological polar surface area (TPSA) is 106 Å². The summed E-state index contributed by atoms with van der Waals surface area (Å²) >= 11 is 0. The average molecular weight is 436 g/mol. The fourth-order valence-electron chi connectivity index (χ4n) is 3.37. The van der Waals surface area contributed by atoms with Gasteiger partial charge in [0, 0.05) is 12.7 Å². The van der Waals surface area contributed by atoms with E-state index in [0.717, 1.165) is 24.8 Å². The maximum absolute atomic E-state index is 12.4. The molecule has 0 N–H and O–H groups in total. The van der Waals surface area contributed by atoms with E-state index in [0.29, 0.717) is 18.8 Å². The Morgan fingerprint density at radius 2 is 2.03 bits per heavy atom. The normalized spacial score (nSPS) is 21.2. The second-order valence-corrected chi connectivity index (χ2v) is 8.99. The SMILES string of the molecule is Cc1ccc(S(=O)(=O)OCC2Cn3c(CO[C@H]4CCCCO4)cc(=O)nc3O2)cc1. The number of hydrogen-bond acceptors (Lipinski definition) is 8. The van der Waals surface area contributed by atoms with Crippen LogP contribution in [0.1, 0.15) is 30.5 Å². The first-order valence-electron chi connectivity index (χ1n) is 9.87. The summed E-state index contributed by atoms with van der Waals surface area (Å²) in [5.74, 6) is 0. The molecule has 4 rings (SSSR count). The van der Waals surface area contributed by atoms with Crippen LogP contribution in [0.25, 0.3) is 0 Å². The van der Waals surface area contributed by atoms with E-state index < -0.39 is 21.8 Å². The molecule has 10 heteroatoms. The maximum Gasteiger partial charge on any atom is 0.300 e. The predicted molar refractivity (Wildman–Crippen MR) is 106 cm³/mol. The van der Waals surface area contributed by atoms with E-state index in [9.17, 15) is 13.2 Å². The Morgan fingerprint density at radius 3 is 2.77 bits per heavy atom. The van der Waals surface area contributed by atoms with Crippen LogP contribution >= 0.6 is 0 Å². The van der Waals surface area contributed by atoms with Crippen molar-refractivity contribution in [1.29, 1.82) is 0 Å². The van der Waals surface area contributed by atoms with Crippen LogP contribution < -0.4 is 10.3 Å². The summed E-state index contributed by atoms with van der Waals surface area (Å²) in [7, 11) is -3.91. The van der Waals surface area contributed by atoms with E-state index in [1.807, 2.05) is 6.92 Å². The molecule has 1 fully saturated rings. The lowest BCUT2D eigenvalue weighted by Gasteiger charge is -2.23. The molecule has 30 heavy (non-hydrogen) atoms. The highest BCUT2D eigenvalue weighted by Gasteiger charge is 2.29. The van der Waals surface area contributed by atoms with Crippen LogP contribution in [0.4, 0.5) is 0 Å². The number of hydrogen-bond donors (Lipinski definition) is 0. The molecule has 2 aromatic rings. The summed E-state index contributed by atoms with van der Waals surface area (Å²) in [4.78, 5) is 15.9. The Bertz CT molecular complexity index is 1040. The molecule has 3 heterocycles. The summed E-state index contributed by atoms with van der Waals surface area (Å²) in [6, 6.07) is 7.93. The highest BCUT2D eigenvalue weighted by atomic mass is 32.2. The molecule has 0 radical (unpaired) electrons. The zero-order valence-electron chi connectivity index (χ0n) is 16.7. The molecule has 2 atom stereocenters. The molecule has 9 nitrogen and oxygen atoms in total. The van der Waals surface area contributed by atoms with Gasteiger partial charge in [-0.3, -0.25) is 13.5 Å². The van der Waals surface area contributed by atoms with Crippen molar-refractivity contribution in [1.82, 2.24) is 9.55 Å². The van der Waals surface area contributed by atoms with E-state index >= 15 is 0 Å². The first-order valence-corrected chi connectivity index (χ1v) is 11.3. The van der Waals surface area contributed by atoms with Crippen LogP contribution in [0.15, 0.2) is 40.0 Å². The van der Waals surface area contributed by atoms with E-state index in [-0.39, 0.29) is 30.4 Å². The van der Waals surface area contributed by atoms with Gasteiger partial charge in [0.25, 0.3) is 15.7 Å². The van der Waals surface area contributed by atoms with Gasteiger partial charge in [0.05, 0.1) is 23.7 Å². The van der Waals surface area contributed by atoms with E-state index in [4.69, 9.17) is 18.4 Å². The fraction of sp³-hybridized carbons (Fsp3) is 0.500. The van der Waals surface area contributed by atoms with Crippen molar-refractivity contribution in [3.63, 3.8) is 0 Å². The van der Waals surface area contributed by atoms with Gasteiger partial charge in [-0.2, -0.15) is 13.4 Å². The van der Waals surface area contributed by atoms with Crippen LogP contribution in [0, 0.1) is 6.92 Å². The quantitative estimate of drug-likeness (QED) is 0.605. The van der Waals surface area contributed by atoms with Gasteiger partial charge in [-0.25, -0.2) is 0 Å². The number of benzene rings is 1. The fourth-order valence-corrected chi connectivity index (χ4v) is 4.31. The second-order valence-electron chi connectivity index (χ2n) is 7.38. The number of fused-ring (bicyclic) bond motifs is 1. The lowest BCUT2D eigenvalue weighted by atomic mass is 10.2. The molecule has 2 aliphatic rings. The molecule has 1 aromatic heterocycles. The van der Waals surface area contributed by atoms with Crippen molar-refractivity contribution >= 4 is 10.1 Å². The van der Waals surface area contributed by atoms with Gasteiger partial charge in [0.2, 0.25) is 0 Å². The van der Waals surface area contributed by atoms with Gasteiger partial charge in [0.15, 0.2) is 6.29 Å². The minimum Gasteiger partial charge on any atom is -0.457 e.